The zero-order valence-electron chi connectivity index (χ0n) is 21.2. The van der Waals surface area contributed by atoms with E-state index in [1.807, 2.05) is 41.2 Å². The molecule has 0 aliphatic carbocycles. The number of nitro groups is 1. The molecule has 1 N–H and O–H groups in total. The van der Waals surface area contributed by atoms with Crippen molar-refractivity contribution < 1.29 is 19.2 Å². The Morgan fingerprint density at radius 3 is 2.49 bits per heavy atom. The van der Waals surface area contributed by atoms with Gasteiger partial charge in [-0.05, 0) is 38.0 Å². The maximum absolute atomic E-state index is 13.0. The Balaban J connectivity index is 1.45. The predicted octanol–water partition coefficient (Wildman–Crippen LogP) is 4.88. The van der Waals surface area contributed by atoms with Crippen molar-refractivity contribution in [1.29, 1.82) is 0 Å². The number of amides is 1. The highest BCUT2D eigenvalue weighted by Gasteiger charge is 2.26. The van der Waals surface area contributed by atoms with Gasteiger partial charge in [0, 0.05) is 43.2 Å². The maximum Gasteiger partial charge on any atom is 0.341 e. The molecule has 37 heavy (non-hydrogen) atoms. The molecule has 1 aliphatic heterocycles. The molecule has 2 heterocycles. The number of thiophene rings is 1. The summed E-state index contributed by atoms with van der Waals surface area (Å²) in [6.07, 6.45) is 0. The number of rotatable bonds is 8. The van der Waals surface area contributed by atoms with Gasteiger partial charge in [-0.1, -0.05) is 35.9 Å². The molecule has 4 rings (SSSR count). The number of para-hydroxylation sites is 2. The van der Waals surface area contributed by atoms with E-state index in [4.69, 9.17) is 4.74 Å². The van der Waals surface area contributed by atoms with Crippen molar-refractivity contribution in [3.63, 3.8) is 0 Å². The van der Waals surface area contributed by atoms with E-state index in [0.29, 0.717) is 42.4 Å². The van der Waals surface area contributed by atoms with Crippen LogP contribution in [0.25, 0.3) is 11.1 Å². The molecule has 1 amide bonds. The van der Waals surface area contributed by atoms with Gasteiger partial charge in [0.2, 0.25) is 5.91 Å². The molecule has 1 aliphatic rings. The number of hydrogen-bond donors (Lipinski definition) is 1. The van der Waals surface area contributed by atoms with Crippen molar-refractivity contribution >= 4 is 39.6 Å². The largest absolute Gasteiger partial charge is 0.462 e. The zero-order chi connectivity index (χ0) is 26.5. The molecular formula is C27H30N4O5S. The minimum Gasteiger partial charge on any atom is -0.462 e. The highest BCUT2D eigenvalue weighted by atomic mass is 32.1. The van der Waals surface area contributed by atoms with Crippen LogP contribution in [0.1, 0.15) is 28.4 Å². The summed E-state index contributed by atoms with van der Waals surface area (Å²) in [6.45, 7) is 8.47. The summed E-state index contributed by atoms with van der Waals surface area (Å²) in [4.78, 5) is 40.8. The van der Waals surface area contributed by atoms with Crippen LogP contribution in [-0.2, 0) is 9.53 Å². The lowest BCUT2D eigenvalue weighted by molar-refractivity contribution is -0.384. The van der Waals surface area contributed by atoms with Crippen molar-refractivity contribution in [3.8, 4) is 11.1 Å². The summed E-state index contributed by atoms with van der Waals surface area (Å²) in [5, 5.41) is 16.6. The lowest BCUT2D eigenvalue weighted by Crippen LogP contribution is -2.48. The van der Waals surface area contributed by atoms with E-state index in [-0.39, 0.29) is 29.7 Å². The molecule has 9 nitrogen and oxygen atoms in total. The number of nitrogens with one attached hydrogen (secondary N) is 1. The van der Waals surface area contributed by atoms with Crippen LogP contribution >= 0.6 is 11.3 Å². The molecule has 0 unspecified atom stereocenters. The molecule has 0 spiro atoms. The smallest absolute Gasteiger partial charge is 0.341 e. The van der Waals surface area contributed by atoms with Gasteiger partial charge in [-0.2, -0.15) is 0 Å². The Morgan fingerprint density at radius 1 is 1.08 bits per heavy atom. The number of anilines is 2. The second-order valence-corrected chi connectivity index (χ2v) is 9.83. The van der Waals surface area contributed by atoms with Crippen LogP contribution in [0.3, 0.4) is 0 Å². The minimum atomic E-state index is -0.466. The fourth-order valence-electron chi connectivity index (χ4n) is 4.57. The molecule has 0 atom stereocenters. The van der Waals surface area contributed by atoms with Crippen LogP contribution in [0.4, 0.5) is 16.4 Å². The van der Waals surface area contributed by atoms with Gasteiger partial charge in [0.15, 0.2) is 0 Å². The van der Waals surface area contributed by atoms with Gasteiger partial charge in [-0.3, -0.25) is 19.8 Å². The molecule has 1 saturated heterocycles. The van der Waals surface area contributed by atoms with Crippen LogP contribution in [0, 0.1) is 24.0 Å². The van der Waals surface area contributed by atoms with Crippen LogP contribution in [0.2, 0.25) is 0 Å². The Hall–Kier alpha value is -3.76. The van der Waals surface area contributed by atoms with Crippen LogP contribution < -0.4 is 10.2 Å². The highest BCUT2D eigenvalue weighted by Crippen LogP contribution is 2.38. The number of nitro benzene ring substituents is 1. The number of carbonyl (C=O) groups excluding carboxylic acids is 2. The number of aryl methyl sites for hydroxylation is 2. The van der Waals surface area contributed by atoms with Crippen molar-refractivity contribution in [2.75, 3.05) is 49.5 Å². The third-order valence-electron chi connectivity index (χ3n) is 6.35. The quantitative estimate of drug-likeness (QED) is 0.255. The fourth-order valence-corrected chi connectivity index (χ4v) is 5.54. The van der Waals surface area contributed by atoms with Gasteiger partial charge >= 0.3 is 5.97 Å². The Morgan fingerprint density at radius 2 is 1.81 bits per heavy atom. The first kappa shape index (κ1) is 26.3. The van der Waals surface area contributed by atoms with Crippen LogP contribution in [0.15, 0.2) is 47.8 Å². The van der Waals surface area contributed by atoms with Crippen molar-refractivity contribution in [3.05, 3.63) is 74.6 Å². The minimum absolute atomic E-state index is 0.0810. The first-order valence-corrected chi connectivity index (χ1v) is 13.0. The molecular weight excluding hydrogens is 492 g/mol. The Labute approximate surface area is 219 Å². The van der Waals surface area contributed by atoms with Crippen LogP contribution in [-0.4, -0.2) is 61.0 Å². The van der Waals surface area contributed by atoms with Gasteiger partial charge in [-0.25, -0.2) is 4.79 Å². The average Bonchev–Trinajstić information content (AvgIpc) is 3.27. The molecule has 1 fully saturated rings. The number of piperazine rings is 1. The number of hydrogen-bond acceptors (Lipinski definition) is 8. The summed E-state index contributed by atoms with van der Waals surface area (Å²) in [5.41, 5.74) is 4.88. The van der Waals surface area contributed by atoms with Gasteiger partial charge in [0.1, 0.15) is 16.3 Å². The maximum atomic E-state index is 13.0. The zero-order valence-corrected chi connectivity index (χ0v) is 22.0. The van der Waals surface area contributed by atoms with Crippen molar-refractivity contribution in [1.82, 2.24) is 4.90 Å². The lowest BCUT2D eigenvalue weighted by Gasteiger charge is -2.35. The highest BCUT2D eigenvalue weighted by molar-refractivity contribution is 7.15. The molecule has 1 aromatic heterocycles. The molecule has 2 aromatic carbocycles. The fraction of sp³-hybridized carbons (Fsp3) is 0.333. The predicted molar refractivity (Wildman–Crippen MR) is 146 cm³/mol. The summed E-state index contributed by atoms with van der Waals surface area (Å²) in [7, 11) is 0. The first-order valence-electron chi connectivity index (χ1n) is 12.1. The number of nitrogens with zero attached hydrogens (tertiary/aromatic N) is 3. The molecule has 0 saturated carbocycles. The SMILES string of the molecule is CCOC(=O)c1c(-c2ccc(C)cc2C)csc1NC(=O)CN1CCN(c2ccccc2[N+](=O)[O-])CC1. The summed E-state index contributed by atoms with van der Waals surface area (Å²) in [6, 6.07) is 12.7. The third-order valence-corrected chi connectivity index (χ3v) is 7.25. The topological polar surface area (TPSA) is 105 Å². The van der Waals surface area contributed by atoms with Gasteiger partial charge < -0.3 is 15.0 Å². The summed E-state index contributed by atoms with van der Waals surface area (Å²) >= 11 is 1.31. The number of benzene rings is 2. The standard InChI is InChI=1S/C27H30N4O5S/c1-4-36-27(33)25-21(20-10-9-18(2)15-19(20)3)17-37-26(25)28-24(32)16-29-11-13-30(14-12-29)22-7-5-6-8-23(22)31(34)35/h5-10,15,17H,4,11-14,16H2,1-3H3,(H,28,32). The van der Waals surface area contributed by atoms with E-state index in [2.05, 4.69) is 11.4 Å². The van der Waals surface area contributed by atoms with E-state index in [0.717, 1.165) is 22.3 Å². The molecule has 0 radical (unpaired) electrons. The molecule has 10 heteroatoms. The van der Waals surface area contributed by atoms with Gasteiger partial charge in [0.05, 0.1) is 18.1 Å². The van der Waals surface area contributed by atoms with Gasteiger partial charge in [0.25, 0.3) is 5.69 Å². The number of ether oxygens (including phenoxy) is 1. The Kier molecular flexibility index (Phi) is 8.20. The van der Waals surface area contributed by atoms with Crippen molar-refractivity contribution in [2.24, 2.45) is 0 Å². The number of esters is 1. The summed E-state index contributed by atoms with van der Waals surface area (Å²) < 4.78 is 5.32. The Bertz CT molecular complexity index is 1310. The van der Waals surface area contributed by atoms with E-state index in [1.54, 1.807) is 25.1 Å². The molecule has 0 bridgehead atoms. The van der Waals surface area contributed by atoms with E-state index in [1.165, 1.54) is 17.4 Å². The van der Waals surface area contributed by atoms with E-state index in [9.17, 15) is 19.7 Å². The van der Waals surface area contributed by atoms with E-state index < -0.39 is 5.97 Å². The molecule has 194 valence electrons. The second-order valence-electron chi connectivity index (χ2n) is 8.95. The van der Waals surface area contributed by atoms with Crippen molar-refractivity contribution in [2.45, 2.75) is 20.8 Å². The number of carbonyl (C=O) groups is 2. The first-order chi connectivity index (χ1) is 17.8. The molecule has 3 aromatic rings. The monoisotopic (exact) mass is 522 g/mol. The average molecular weight is 523 g/mol. The summed E-state index contributed by atoms with van der Waals surface area (Å²) in [5.74, 6) is -0.689. The van der Waals surface area contributed by atoms with Gasteiger partial charge in [-0.15, -0.1) is 11.3 Å². The second kappa shape index (κ2) is 11.5. The third kappa shape index (κ3) is 5.98. The lowest BCUT2D eigenvalue weighted by atomic mass is 9.97. The normalized spacial score (nSPS) is 13.9. The van der Waals surface area contributed by atoms with Crippen LogP contribution in [0.5, 0.6) is 0 Å². The van der Waals surface area contributed by atoms with E-state index >= 15 is 0 Å².